The summed E-state index contributed by atoms with van der Waals surface area (Å²) < 4.78 is 13.6. The molecule has 2 saturated heterocycles. The van der Waals surface area contributed by atoms with Gasteiger partial charge in [0.2, 0.25) is 11.8 Å². The van der Waals surface area contributed by atoms with Crippen LogP contribution in [0.3, 0.4) is 0 Å². The van der Waals surface area contributed by atoms with E-state index in [1.807, 2.05) is 25.7 Å². The zero-order valence-electron chi connectivity index (χ0n) is 22.6. The number of piperazine rings is 1. The van der Waals surface area contributed by atoms with Gasteiger partial charge in [-0.15, -0.1) is 0 Å². The molecule has 8 nitrogen and oxygen atoms in total. The molecule has 11 heteroatoms. The van der Waals surface area contributed by atoms with E-state index in [2.05, 4.69) is 15.6 Å². The van der Waals surface area contributed by atoms with E-state index in [9.17, 15) is 18.8 Å². The lowest BCUT2D eigenvalue weighted by Gasteiger charge is -2.39. The van der Waals surface area contributed by atoms with E-state index in [0.717, 1.165) is 5.56 Å². The molecular formula is C29H32Cl2FN5O3. The Labute approximate surface area is 242 Å². The molecule has 0 radical (unpaired) electrons. The Morgan fingerprint density at radius 1 is 1.05 bits per heavy atom. The minimum atomic E-state index is -0.782. The van der Waals surface area contributed by atoms with Gasteiger partial charge in [0, 0.05) is 40.6 Å². The molecule has 3 atom stereocenters. The number of carbonyl (C=O) groups is 3. The van der Waals surface area contributed by atoms with Crippen LogP contribution in [0, 0.1) is 11.2 Å². The first kappa shape index (κ1) is 28.4. The van der Waals surface area contributed by atoms with Gasteiger partial charge in [-0.05, 0) is 59.9 Å². The van der Waals surface area contributed by atoms with Gasteiger partial charge in [-0.1, -0.05) is 44.0 Å². The largest absolute Gasteiger partial charge is 0.351 e. The Hall–Kier alpha value is -3.14. The van der Waals surface area contributed by atoms with Crippen molar-refractivity contribution in [3.63, 3.8) is 0 Å². The molecule has 3 aromatic rings. The van der Waals surface area contributed by atoms with Crippen molar-refractivity contribution in [2.75, 3.05) is 19.6 Å². The number of rotatable bonds is 7. The third kappa shape index (κ3) is 5.82. The highest BCUT2D eigenvalue weighted by Gasteiger charge is 2.49. The molecule has 0 aliphatic carbocycles. The van der Waals surface area contributed by atoms with Gasteiger partial charge >= 0.3 is 0 Å². The summed E-state index contributed by atoms with van der Waals surface area (Å²) in [7, 11) is 0. The lowest BCUT2D eigenvalue weighted by Crippen LogP contribution is -2.59. The summed E-state index contributed by atoms with van der Waals surface area (Å²) in [6.45, 7) is 7.14. The predicted molar refractivity (Wildman–Crippen MR) is 153 cm³/mol. The third-order valence-electron chi connectivity index (χ3n) is 7.66. The molecule has 3 amide bonds. The van der Waals surface area contributed by atoms with Gasteiger partial charge in [-0.3, -0.25) is 14.4 Å². The molecule has 2 aromatic carbocycles. The van der Waals surface area contributed by atoms with Crippen molar-refractivity contribution in [3.8, 4) is 0 Å². The van der Waals surface area contributed by atoms with Crippen LogP contribution in [0.4, 0.5) is 4.39 Å². The number of hydrogen-bond acceptors (Lipinski definition) is 4. The van der Waals surface area contributed by atoms with Crippen molar-refractivity contribution in [1.29, 1.82) is 0 Å². The average molecular weight is 589 g/mol. The number of benzene rings is 2. The van der Waals surface area contributed by atoms with Gasteiger partial charge in [-0.25, -0.2) is 4.39 Å². The fraction of sp³-hybridized carbons (Fsp3) is 0.414. The molecule has 2 bridgehead atoms. The molecule has 3 heterocycles. The van der Waals surface area contributed by atoms with E-state index >= 15 is 0 Å². The summed E-state index contributed by atoms with van der Waals surface area (Å²) in [6.07, 6.45) is 0.704. The zero-order chi connectivity index (χ0) is 28.8. The van der Waals surface area contributed by atoms with Gasteiger partial charge in [0.05, 0.1) is 18.6 Å². The quantitative estimate of drug-likeness (QED) is 0.382. The second kappa shape index (κ2) is 11.0. The second-order valence-corrected chi connectivity index (χ2v) is 12.5. The Morgan fingerprint density at radius 2 is 1.77 bits per heavy atom. The summed E-state index contributed by atoms with van der Waals surface area (Å²) in [4.78, 5) is 46.5. The number of aromatic nitrogens is 1. The summed E-state index contributed by atoms with van der Waals surface area (Å²) in [5, 5.41) is 7.79. The van der Waals surface area contributed by atoms with Gasteiger partial charge in [0.1, 0.15) is 17.6 Å². The first-order valence-electron chi connectivity index (χ1n) is 13.2. The molecule has 0 saturated carbocycles. The normalized spacial score (nSPS) is 19.4. The van der Waals surface area contributed by atoms with E-state index in [0.29, 0.717) is 47.0 Å². The van der Waals surface area contributed by atoms with E-state index in [1.165, 1.54) is 12.1 Å². The van der Waals surface area contributed by atoms with Crippen LogP contribution >= 0.6 is 23.2 Å². The highest BCUT2D eigenvalue weighted by atomic mass is 35.5. The van der Waals surface area contributed by atoms with E-state index in [1.54, 1.807) is 35.2 Å². The molecule has 0 spiro atoms. The number of halogens is 3. The van der Waals surface area contributed by atoms with Crippen molar-refractivity contribution < 1.29 is 18.8 Å². The Morgan fingerprint density at radius 3 is 2.48 bits per heavy atom. The summed E-state index contributed by atoms with van der Waals surface area (Å²) in [6, 6.07) is 10.1. The van der Waals surface area contributed by atoms with E-state index < -0.39 is 17.4 Å². The minimum Gasteiger partial charge on any atom is -0.351 e. The van der Waals surface area contributed by atoms with Crippen molar-refractivity contribution in [2.24, 2.45) is 5.41 Å². The smallest absolute Gasteiger partial charge is 0.268 e. The maximum absolute atomic E-state index is 13.7. The van der Waals surface area contributed by atoms with Crippen LogP contribution in [0.2, 0.25) is 10.0 Å². The fourth-order valence-electron chi connectivity index (χ4n) is 5.58. The molecule has 0 unspecified atom stereocenters. The number of nitrogens with one attached hydrogen (secondary N) is 3. The van der Waals surface area contributed by atoms with Crippen molar-refractivity contribution >= 4 is 51.8 Å². The maximum atomic E-state index is 13.7. The van der Waals surface area contributed by atoms with Crippen molar-refractivity contribution in [2.45, 2.75) is 51.9 Å². The maximum Gasteiger partial charge on any atom is 0.268 e. The predicted octanol–water partition coefficient (Wildman–Crippen LogP) is 4.36. The highest BCUT2D eigenvalue weighted by molar-refractivity contribution is 6.33. The minimum absolute atomic E-state index is 0.0336. The summed E-state index contributed by atoms with van der Waals surface area (Å²) in [5.41, 5.74) is 1.15. The Bertz CT molecular complexity index is 1470. The average Bonchev–Trinajstić information content (AvgIpc) is 3.62. The van der Waals surface area contributed by atoms with Crippen molar-refractivity contribution in [3.05, 3.63) is 69.6 Å². The molecule has 1 aromatic heterocycles. The molecule has 2 aliphatic heterocycles. The van der Waals surface area contributed by atoms with Crippen LogP contribution in [0.15, 0.2) is 42.5 Å². The molecular weight excluding hydrogens is 556 g/mol. The molecule has 2 fully saturated rings. The second-order valence-electron chi connectivity index (χ2n) is 11.6. The first-order chi connectivity index (χ1) is 18.9. The summed E-state index contributed by atoms with van der Waals surface area (Å²) in [5.74, 6) is -1.03. The number of amides is 3. The molecule has 2 aliphatic rings. The lowest BCUT2D eigenvalue weighted by molar-refractivity contribution is -0.142. The molecule has 5 rings (SSSR count). The van der Waals surface area contributed by atoms with E-state index in [-0.39, 0.29) is 42.0 Å². The van der Waals surface area contributed by atoms with Crippen LogP contribution < -0.4 is 10.6 Å². The number of hydrogen-bond donors (Lipinski definition) is 3. The third-order valence-corrected chi connectivity index (χ3v) is 8.26. The Balaban J connectivity index is 1.19. The highest BCUT2D eigenvalue weighted by Crippen LogP contribution is 2.33. The molecule has 3 N–H and O–H groups in total. The van der Waals surface area contributed by atoms with Gasteiger partial charge in [-0.2, -0.15) is 0 Å². The number of fused-ring (bicyclic) bond motifs is 3. The number of carbonyl (C=O) groups excluding carboxylic acids is 3. The van der Waals surface area contributed by atoms with Gasteiger partial charge in [0.15, 0.2) is 0 Å². The summed E-state index contributed by atoms with van der Waals surface area (Å²) >= 11 is 12.3. The number of aromatic amines is 1. The lowest BCUT2D eigenvalue weighted by atomic mass is 9.85. The number of likely N-dealkylation sites (tertiary alicyclic amines) is 2. The topological polar surface area (TPSA) is 97.5 Å². The van der Waals surface area contributed by atoms with Crippen LogP contribution in [0.5, 0.6) is 0 Å². The van der Waals surface area contributed by atoms with Crippen LogP contribution in [-0.2, 0) is 16.1 Å². The zero-order valence-corrected chi connectivity index (χ0v) is 24.1. The SMILES string of the molecule is CC(C)(C)[C@H](NC(=O)c1cc2cc(F)ccc2[nH]1)C(=O)N1C[C@@H]2C[C@H]1CN2C(=O)CNCc1cc(Cl)ccc1Cl. The monoisotopic (exact) mass is 587 g/mol. The number of nitrogens with zero attached hydrogens (tertiary/aromatic N) is 2. The standard InChI is InChI=1S/C29H32Cl2FN5O3/c1-29(2,3)26(35-27(39)24-10-16-9-19(32)5-7-23(16)34-24)28(40)37-15-20-11-21(37)14-36(20)25(38)13-33-12-17-8-18(30)4-6-22(17)31/h4-10,20-21,26,33-34H,11-15H2,1-3H3,(H,35,39)/t20-,21-,26+/m0/s1. The molecule has 212 valence electrons. The van der Waals surface area contributed by atoms with E-state index in [4.69, 9.17) is 23.2 Å². The fourth-order valence-corrected chi connectivity index (χ4v) is 5.96. The van der Waals surface area contributed by atoms with Crippen LogP contribution in [-0.4, -0.2) is 70.3 Å². The van der Waals surface area contributed by atoms with Gasteiger partial charge < -0.3 is 25.4 Å². The molecule has 40 heavy (non-hydrogen) atoms. The van der Waals surface area contributed by atoms with Crippen molar-refractivity contribution in [1.82, 2.24) is 25.4 Å². The van der Waals surface area contributed by atoms with Crippen LogP contribution in [0.1, 0.15) is 43.2 Å². The van der Waals surface area contributed by atoms with Gasteiger partial charge in [0.25, 0.3) is 5.91 Å². The number of H-pyrrole nitrogens is 1. The first-order valence-corrected chi connectivity index (χ1v) is 14.0. The van der Waals surface area contributed by atoms with Crippen LogP contribution in [0.25, 0.3) is 10.9 Å². The Kier molecular flexibility index (Phi) is 7.83.